The van der Waals surface area contributed by atoms with E-state index in [0.717, 1.165) is 22.5 Å². The van der Waals surface area contributed by atoms with E-state index < -0.39 is 15.4 Å². The fraction of sp³-hybridized carbons (Fsp3) is 0.455. The molecule has 1 unspecified atom stereocenters. The van der Waals surface area contributed by atoms with Crippen LogP contribution in [0.4, 0.5) is 5.82 Å². The van der Waals surface area contributed by atoms with Crippen molar-refractivity contribution >= 4 is 21.6 Å². The van der Waals surface area contributed by atoms with Gasteiger partial charge in [-0.1, -0.05) is 19.1 Å². The molecule has 1 atom stereocenters. The summed E-state index contributed by atoms with van der Waals surface area (Å²) in [5.41, 5.74) is 2.74. The molecule has 0 spiro atoms. The van der Waals surface area contributed by atoms with Gasteiger partial charge in [-0.15, -0.1) is 0 Å². The van der Waals surface area contributed by atoms with Crippen molar-refractivity contribution in [2.24, 2.45) is 5.41 Å². The summed E-state index contributed by atoms with van der Waals surface area (Å²) >= 11 is 0. The molecule has 1 aliphatic carbocycles. The predicted molar refractivity (Wildman–Crippen MR) is 113 cm³/mol. The number of benzene rings is 1. The van der Waals surface area contributed by atoms with Crippen LogP contribution in [0.3, 0.4) is 0 Å². The number of pyridine rings is 1. The number of fused-ring (bicyclic) bond motifs is 1. The third-order valence-corrected chi connectivity index (χ3v) is 8.18. The largest absolute Gasteiger partial charge is 0.354 e. The van der Waals surface area contributed by atoms with Gasteiger partial charge in [0, 0.05) is 37.8 Å². The maximum Gasteiger partial charge on any atom is 0.243 e. The summed E-state index contributed by atoms with van der Waals surface area (Å²) in [5, 5.41) is 0. The molecule has 0 bridgehead atoms. The van der Waals surface area contributed by atoms with Crippen LogP contribution in [0.25, 0.3) is 0 Å². The summed E-state index contributed by atoms with van der Waals surface area (Å²) in [7, 11) is -3.55. The van der Waals surface area contributed by atoms with Crippen molar-refractivity contribution in [3.63, 3.8) is 0 Å². The molecule has 1 aromatic carbocycles. The minimum Gasteiger partial charge on any atom is -0.354 e. The number of piperazine rings is 1. The Bertz CT molecular complexity index is 1040. The summed E-state index contributed by atoms with van der Waals surface area (Å²) in [6.07, 6.45) is 3.12. The first kappa shape index (κ1) is 20.0. The first-order valence-electron chi connectivity index (χ1n) is 10.00. The Morgan fingerprint density at radius 2 is 1.72 bits per heavy atom. The highest BCUT2D eigenvalue weighted by atomic mass is 32.2. The molecule has 154 valence electrons. The molecule has 0 amide bonds. The Morgan fingerprint density at radius 1 is 1.03 bits per heavy atom. The van der Waals surface area contributed by atoms with E-state index >= 15 is 0 Å². The molecule has 1 fully saturated rings. The fourth-order valence-electron chi connectivity index (χ4n) is 4.21. The zero-order valence-electron chi connectivity index (χ0n) is 17.2. The van der Waals surface area contributed by atoms with Gasteiger partial charge in [0.05, 0.1) is 4.90 Å². The Kier molecular flexibility index (Phi) is 4.99. The van der Waals surface area contributed by atoms with Crippen LogP contribution in [0, 0.1) is 12.3 Å². The second-order valence-corrected chi connectivity index (χ2v) is 10.4. The molecule has 0 saturated carbocycles. The number of sulfonamides is 1. The summed E-state index contributed by atoms with van der Waals surface area (Å²) in [6, 6.07) is 9.33. The van der Waals surface area contributed by atoms with E-state index in [0.29, 0.717) is 43.9 Å². The highest BCUT2D eigenvalue weighted by Crippen LogP contribution is 2.38. The van der Waals surface area contributed by atoms with Crippen LogP contribution in [0.15, 0.2) is 41.4 Å². The Morgan fingerprint density at radius 3 is 2.34 bits per heavy atom. The maximum atomic E-state index is 13.2. The van der Waals surface area contributed by atoms with E-state index in [1.54, 1.807) is 23.4 Å². The normalized spacial score (nSPS) is 22.5. The van der Waals surface area contributed by atoms with E-state index in [4.69, 9.17) is 0 Å². The number of rotatable bonds is 4. The lowest BCUT2D eigenvalue weighted by molar-refractivity contribution is -0.125. The average Bonchev–Trinajstić information content (AvgIpc) is 3.05. The maximum absolute atomic E-state index is 13.2. The standard InChI is InChI=1S/C22H27N3O3S/c1-16-4-7-21(23-15-16)24-8-10-25(11-9-24)29(27,28)20-6-5-18-13-22(3,17(2)26)14-19(18)12-20/h4-7,12,15H,8-11,13-14H2,1-3H3. The molecule has 29 heavy (non-hydrogen) atoms. The minimum atomic E-state index is -3.55. The zero-order valence-corrected chi connectivity index (χ0v) is 18.0. The van der Waals surface area contributed by atoms with Gasteiger partial charge in [0.1, 0.15) is 11.6 Å². The number of nitrogens with zero attached hydrogens (tertiary/aromatic N) is 3. The summed E-state index contributed by atoms with van der Waals surface area (Å²) in [5.74, 6) is 1.03. The molecule has 7 heteroatoms. The van der Waals surface area contributed by atoms with Gasteiger partial charge in [-0.3, -0.25) is 4.79 Å². The number of Topliss-reactive ketones (excluding diaryl/α,β-unsaturated/α-hetero) is 1. The van der Waals surface area contributed by atoms with E-state index in [9.17, 15) is 13.2 Å². The summed E-state index contributed by atoms with van der Waals surface area (Å²) in [6.45, 7) is 7.66. The lowest BCUT2D eigenvalue weighted by Gasteiger charge is -2.34. The minimum absolute atomic E-state index is 0.152. The smallest absolute Gasteiger partial charge is 0.243 e. The number of carbonyl (C=O) groups is 1. The predicted octanol–water partition coefficient (Wildman–Crippen LogP) is 2.59. The van der Waals surface area contributed by atoms with Crippen molar-refractivity contribution in [1.29, 1.82) is 0 Å². The van der Waals surface area contributed by atoms with Crippen molar-refractivity contribution < 1.29 is 13.2 Å². The second kappa shape index (κ2) is 7.22. The lowest BCUT2D eigenvalue weighted by atomic mass is 9.83. The topological polar surface area (TPSA) is 70.6 Å². The number of anilines is 1. The van der Waals surface area contributed by atoms with E-state index in [1.807, 2.05) is 38.2 Å². The van der Waals surface area contributed by atoms with Crippen LogP contribution < -0.4 is 4.90 Å². The first-order chi connectivity index (χ1) is 13.7. The highest BCUT2D eigenvalue weighted by molar-refractivity contribution is 7.89. The van der Waals surface area contributed by atoms with Crippen molar-refractivity contribution in [1.82, 2.24) is 9.29 Å². The quantitative estimate of drug-likeness (QED) is 0.771. The van der Waals surface area contributed by atoms with E-state index in [-0.39, 0.29) is 5.78 Å². The SMILES string of the molecule is CC(=O)C1(C)Cc2ccc(S(=O)(=O)N3CCN(c4ccc(C)cn4)CC3)cc2C1. The van der Waals surface area contributed by atoms with Gasteiger partial charge in [-0.25, -0.2) is 13.4 Å². The number of hydrogen-bond donors (Lipinski definition) is 0. The molecule has 0 radical (unpaired) electrons. The molecule has 4 rings (SSSR count). The molecule has 6 nitrogen and oxygen atoms in total. The number of ketones is 1. The van der Waals surface area contributed by atoms with Crippen molar-refractivity contribution in [2.75, 3.05) is 31.1 Å². The zero-order chi connectivity index (χ0) is 20.8. The number of aryl methyl sites for hydroxylation is 1. The summed E-state index contributed by atoms with van der Waals surface area (Å²) < 4.78 is 27.9. The van der Waals surface area contributed by atoms with Gasteiger partial charge >= 0.3 is 0 Å². The van der Waals surface area contributed by atoms with Crippen LogP contribution in [-0.2, 0) is 27.7 Å². The lowest BCUT2D eigenvalue weighted by Crippen LogP contribution is -2.48. The van der Waals surface area contributed by atoms with Crippen LogP contribution in [0.2, 0.25) is 0 Å². The van der Waals surface area contributed by atoms with Gasteiger partial charge in [0.25, 0.3) is 0 Å². The third-order valence-electron chi connectivity index (χ3n) is 6.29. The number of aromatic nitrogens is 1. The summed E-state index contributed by atoms with van der Waals surface area (Å²) in [4.78, 5) is 18.9. The van der Waals surface area contributed by atoms with Crippen LogP contribution >= 0.6 is 0 Å². The highest BCUT2D eigenvalue weighted by Gasteiger charge is 2.38. The van der Waals surface area contributed by atoms with Crippen LogP contribution in [0.5, 0.6) is 0 Å². The molecule has 2 aliphatic rings. The molecule has 2 heterocycles. The average molecular weight is 414 g/mol. The molecule has 1 aromatic heterocycles. The molecular weight excluding hydrogens is 386 g/mol. The molecule has 1 saturated heterocycles. The molecular formula is C22H27N3O3S. The van der Waals surface area contributed by atoms with Gasteiger partial charge in [0.15, 0.2) is 0 Å². The van der Waals surface area contributed by atoms with Crippen molar-refractivity contribution in [2.45, 2.75) is 38.5 Å². The van der Waals surface area contributed by atoms with Gasteiger partial charge in [0.2, 0.25) is 10.0 Å². The van der Waals surface area contributed by atoms with Crippen molar-refractivity contribution in [3.05, 3.63) is 53.2 Å². The molecule has 1 aliphatic heterocycles. The Labute approximate surface area is 172 Å². The third kappa shape index (κ3) is 3.69. The number of carbonyl (C=O) groups excluding carboxylic acids is 1. The van der Waals surface area contributed by atoms with E-state index in [1.165, 1.54) is 0 Å². The number of hydrogen-bond acceptors (Lipinski definition) is 5. The van der Waals surface area contributed by atoms with Crippen molar-refractivity contribution in [3.8, 4) is 0 Å². The van der Waals surface area contributed by atoms with Gasteiger partial charge < -0.3 is 4.90 Å². The van der Waals surface area contributed by atoms with Crippen LogP contribution in [0.1, 0.15) is 30.5 Å². The first-order valence-corrected chi connectivity index (χ1v) is 11.4. The van der Waals surface area contributed by atoms with Gasteiger partial charge in [-0.05, 0) is 61.6 Å². The van der Waals surface area contributed by atoms with Gasteiger partial charge in [-0.2, -0.15) is 4.31 Å². The van der Waals surface area contributed by atoms with Crippen LogP contribution in [-0.4, -0.2) is 49.7 Å². The monoisotopic (exact) mass is 413 g/mol. The molecule has 0 N–H and O–H groups in total. The Balaban J connectivity index is 1.49. The fourth-order valence-corrected chi connectivity index (χ4v) is 5.68. The van der Waals surface area contributed by atoms with E-state index in [2.05, 4.69) is 9.88 Å². The molecule has 2 aromatic rings. The second-order valence-electron chi connectivity index (χ2n) is 8.49. The Hall–Kier alpha value is -2.25.